The van der Waals surface area contributed by atoms with Gasteiger partial charge < -0.3 is 9.47 Å². The van der Waals surface area contributed by atoms with Crippen molar-refractivity contribution in [1.29, 1.82) is 0 Å². The molecule has 4 aromatic carbocycles. The summed E-state index contributed by atoms with van der Waals surface area (Å²) in [5, 5.41) is 0. The molecule has 8 nitrogen and oxygen atoms in total. The lowest BCUT2D eigenvalue weighted by molar-refractivity contribution is -0.187. The topological polar surface area (TPSA) is 105 Å². The average molecular weight is 510 g/mol. The molecule has 4 rings (SSSR count). The molecule has 38 heavy (non-hydrogen) atoms. The molecule has 0 aliphatic rings. The molecule has 0 saturated heterocycles. The van der Waals surface area contributed by atoms with Crippen molar-refractivity contribution in [2.24, 2.45) is 0 Å². The summed E-state index contributed by atoms with van der Waals surface area (Å²) in [6.07, 6.45) is 0. The van der Waals surface area contributed by atoms with Crippen LogP contribution in [0.3, 0.4) is 0 Å². The van der Waals surface area contributed by atoms with Crippen molar-refractivity contribution in [2.75, 3.05) is 14.2 Å². The molecule has 0 bridgehead atoms. The van der Waals surface area contributed by atoms with Gasteiger partial charge in [-0.2, -0.15) is 0 Å². The van der Waals surface area contributed by atoms with E-state index in [1.54, 1.807) is 72.8 Å². The van der Waals surface area contributed by atoms with E-state index in [-0.39, 0.29) is 22.3 Å². The maximum absolute atomic E-state index is 13.0. The van der Waals surface area contributed by atoms with E-state index < -0.39 is 23.5 Å². The Morgan fingerprint density at radius 2 is 0.763 bits per heavy atom. The molecular weight excluding hydrogens is 488 g/mol. The summed E-state index contributed by atoms with van der Waals surface area (Å²) in [7, 11) is 3.02. The molecule has 190 valence electrons. The number of ketones is 2. The van der Waals surface area contributed by atoms with Crippen molar-refractivity contribution in [3.05, 3.63) is 130 Å². The van der Waals surface area contributed by atoms with Gasteiger partial charge in [0.1, 0.15) is 11.5 Å². The highest BCUT2D eigenvalue weighted by Gasteiger charge is 2.24. The summed E-state index contributed by atoms with van der Waals surface area (Å²) in [6, 6.07) is 24.8. The van der Waals surface area contributed by atoms with Gasteiger partial charge in [-0.05, 0) is 60.7 Å². The van der Waals surface area contributed by atoms with Crippen molar-refractivity contribution in [3.63, 3.8) is 0 Å². The van der Waals surface area contributed by atoms with Crippen LogP contribution < -0.4 is 9.47 Å². The first-order valence-electron chi connectivity index (χ1n) is 11.4. The number of carbonyl (C=O) groups is 4. The number of ether oxygens (including phenoxy) is 2. The minimum absolute atomic E-state index is 0.0637. The Morgan fingerprint density at radius 3 is 1.08 bits per heavy atom. The van der Waals surface area contributed by atoms with Gasteiger partial charge in [0.05, 0.1) is 25.3 Å². The molecule has 0 heterocycles. The first-order chi connectivity index (χ1) is 18.4. The summed E-state index contributed by atoms with van der Waals surface area (Å²) in [6.45, 7) is 0. The van der Waals surface area contributed by atoms with Crippen LogP contribution in [0.5, 0.6) is 11.5 Å². The Bertz CT molecular complexity index is 1370. The average Bonchev–Trinajstić information content (AvgIpc) is 2.99. The summed E-state index contributed by atoms with van der Waals surface area (Å²) in [5.74, 6) is -1.80. The normalized spacial score (nSPS) is 10.3. The number of hydrogen-bond donors (Lipinski definition) is 0. The number of carbonyl (C=O) groups excluding carboxylic acids is 4. The van der Waals surface area contributed by atoms with E-state index in [2.05, 4.69) is 0 Å². The van der Waals surface area contributed by atoms with Crippen LogP contribution in [0.4, 0.5) is 0 Å². The van der Waals surface area contributed by atoms with Gasteiger partial charge in [0.2, 0.25) is 0 Å². The Hall–Kier alpha value is -5.24. The first kappa shape index (κ1) is 25.8. The standard InChI is InChI=1S/C30H22O8/c1-35-21-15-11-19(12-16-21)27(31)23-7-3-5-9-25(23)29(33)37-38-30(34)26-10-6-4-8-24(26)28(32)20-13-17-22(36-2)18-14-20/h3-18H,1-2H3. The van der Waals surface area contributed by atoms with E-state index in [4.69, 9.17) is 19.2 Å². The molecule has 0 atom stereocenters. The van der Waals surface area contributed by atoms with E-state index in [1.165, 1.54) is 38.5 Å². The largest absolute Gasteiger partial charge is 0.497 e. The molecule has 4 aromatic rings. The van der Waals surface area contributed by atoms with Crippen molar-refractivity contribution in [1.82, 2.24) is 0 Å². The van der Waals surface area contributed by atoms with Crippen molar-refractivity contribution in [2.45, 2.75) is 0 Å². The molecule has 0 aliphatic heterocycles. The van der Waals surface area contributed by atoms with Crippen LogP contribution in [0.2, 0.25) is 0 Å². The highest BCUT2D eigenvalue weighted by molar-refractivity contribution is 6.15. The van der Waals surface area contributed by atoms with Gasteiger partial charge in [-0.15, -0.1) is 0 Å². The van der Waals surface area contributed by atoms with Crippen LogP contribution >= 0.6 is 0 Å². The molecule has 0 fully saturated rings. The second-order valence-electron chi connectivity index (χ2n) is 7.95. The van der Waals surface area contributed by atoms with Crippen LogP contribution in [-0.4, -0.2) is 37.7 Å². The van der Waals surface area contributed by atoms with Crippen molar-refractivity contribution in [3.8, 4) is 11.5 Å². The Labute approximate surface area is 218 Å². The number of rotatable bonds is 8. The molecule has 0 N–H and O–H groups in total. The quantitative estimate of drug-likeness (QED) is 0.183. The molecule has 0 spiro atoms. The second kappa shape index (κ2) is 11.7. The van der Waals surface area contributed by atoms with Crippen LogP contribution in [0, 0.1) is 0 Å². The highest BCUT2D eigenvalue weighted by Crippen LogP contribution is 2.21. The third-order valence-corrected chi connectivity index (χ3v) is 5.68. The molecule has 0 saturated carbocycles. The third kappa shape index (κ3) is 5.60. The van der Waals surface area contributed by atoms with Gasteiger partial charge >= 0.3 is 11.9 Å². The zero-order chi connectivity index (χ0) is 27.1. The molecular formula is C30H22O8. The minimum atomic E-state index is -1.05. The summed E-state index contributed by atoms with van der Waals surface area (Å²) in [5.41, 5.74) is 0.595. The van der Waals surface area contributed by atoms with Crippen LogP contribution in [0.1, 0.15) is 52.6 Å². The molecule has 0 aromatic heterocycles. The lowest BCUT2D eigenvalue weighted by Gasteiger charge is -2.10. The van der Waals surface area contributed by atoms with Gasteiger partial charge in [0, 0.05) is 22.3 Å². The second-order valence-corrected chi connectivity index (χ2v) is 7.95. The smallest absolute Gasteiger partial charge is 0.387 e. The number of methoxy groups -OCH3 is 2. The van der Waals surface area contributed by atoms with E-state index >= 15 is 0 Å². The summed E-state index contributed by atoms with van der Waals surface area (Å²) in [4.78, 5) is 61.2. The monoisotopic (exact) mass is 510 g/mol. The maximum atomic E-state index is 13.0. The van der Waals surface area contributed by atoms with Gasteiger partial charge in [0.15, 0.2) is 11.6 Å². The summed E-state index contributed by atoms with van der Waals surface area (Å²) >= 11 is 0. The van der Waals surface area contributed by atoms with Crippen LogP contribution in [0.25, 0.3) is 0 Å². The zero-order valence-corrected chi connectivity index (χ0v) is 20.5. The van der Waals surface area contributed by atoms with Crippen LogP contribution in [0.15, 0.2) is 97.1 Å². The SMILES string of the molecule is COc1ccc(C(=O)c2ccccc2C(=O)OOC(=O)c2ccccc2C(=O)c2ccc(OC)cc2)cc1. The van der Waals surface area contributed by atoms with Crippen LogP contribution in [-0.2, 0) is 9.78 Å². The maximum Gasteiger partial charge on any atom is 0.387 e. The third-order valence-electron chi connectivity index (χ3n) is 5.68. The molecule has 0 aliphatic carbocycles. The van der Waals surface area contributed by atoms with Crippen molar-refractivity contribution >= 4 is 23.5 Å². The van der Waals surface area contributed by atoms with Crippen molar-refractivity contribution < 1.29 is 38.4 Å². The molecule has 0 radical (unpaired) electrons. The fraction of sp³-hybridized carbons (Fsp3) is 0.0667. The number of hydrogen-bond acceptors (Lipinski definition) is 8. The predicted molar refractivity (Wildman–Crippen MR) is 137 cm³/mol. The van der Waals surface area contributed by atoms with E-state index in [9.17, 15) is 19.2 Å². The number of benzene rings is 4. The fourth-order valence-corrected chi connectivity index (χ4v) is 3.68. The van der Waals surface area contributed by atoms with Gasteiger partial charge in [-0.1, -0.05) is 36.4 Å². The molecule has 0 unspecified atom stereocenters. The molecule has 8 heteroatoms. The predicted octanol–water partition coefficient (Wildman–Crippen LogP) is 5.09. The molecule has 0 amide bonds. The van der Waals surface area contributed by atoms with E-state index in [1.807, 2.05) is 0 Å². The van der Waals surface area contributed by atoms with Gasteiger partial charge in [-0.3, -0.25) is 9.59 Å². The highest BCUT2D eigenvalue weighted by atomic mass is 17.2. The van der Waals surface area contributed by atoms with Gasteiger partial charge in [0.25, 0.3) is 0 Å². The Balaban J connectivity index is 1.50. The lowest BCUT2D eigenvalue weighted by atomic mass is 9.98. The lowest BCUT2D eigenvalue weighted by Crippen LogP contribution is -2.17. The van der Waals surface area contributed by atoms with Gasteiger partial charge in [-0.25, -0.2) is 19.4 Å². The minimum Gasteiger partial charge on any atom is -0.497 e. The first-order valence-corrected chi connectivity index (χ1v) is 11.4. The Morgan fingerprint density at radius 1 is 0.447 bits per heavy atom. The van der Waals surface area contributed by atoms with E-state index in [0.717, 1.165) is 0 Å². The van der Waals surface area contributed by atoms with E-state index in [0.29, 0.717) is 22.6 Å². The summed E-state index contributed by atoms with van der Waals surface area (Å²) < 4.78 is 10.2. The zero-order valence-electron chi connectivity index (χ0n) is 20.5. The fourth-order valence-electron chi connectivity index (χ4n) is 3.68. The Kier molecular flexibility index (Phi) is 7.93.